The first-order valence-electron chi connectivity index (χ1n) is 6.24. The Hall–Kier alpha value is -1.36. The molecule has 1 fully saturated rings. The van der Waals surface area contributed by atoms with Crippen LogP contribution in [0.3, 0.4) is 0 Å². The number of hydrogen-bond acceptors (Lipinski definition) is 3. The number of carbonyl (C=O) groups is 2. The fourth-order valence-electron chi connectivity index (χ4n) is 2.17. The summed E-state index contributed by atoms with van der Waals surface area (Å²) in [5.74, 6) is 0.0323. The second-order valence-electron chi connectivity index (χ2n) is 4.56. The van der Waals surface area contributed by atoms with Gasteiger partial charge in [0.2, 0.25) is 11.8 Å². The zero-order valence-corrected chi connectivity index (χ0v) is 11.3. The standard InChI is InChI=1S/C13H18N2O2S/c1-15-11(6-2-3-7-12(15)16)13(17)14-9-10-5-4-8-18-10/h4-5,8,11H,2-3,6-7,9H2,1H3,(H,14,17). The highest BCUT2D eigenvalue weighted by Gasteiger charge is 2.28. The summed E-state index contributed by atoms with van der Waals surface area (Å²) in [6.45, 7) is 0.551. The zero-order valence-electron chi connectivity index (χ0n) is 10.5. The van der Waals surface area contributed by atoms with Gasteiger partial charge in [0.25, 0.3) is 0 Å². The molecule has 4 nitrogen and oxygen atoms in total. The van der Waals surface area contributed by atoms with Crippen molar-refractivity contribution >= 4 is 23.2 Å². The minimum absolute atomic E-state index is 0.0406. The maximum atomic E-state index is 12.1. The fourth-order valence-corrected chi connectivity index (χ4v) is 2.81. The van der Waals surface area contributed by atoms with Crippen molar-refractivity contribution in [3.05, 3.63) is 22.4 Å². The van der Waals surface area contributed by atoms with E-state index in [1.54, 1.807) is 23.3 Å². The van der Waals surface area contributed by atoms with E-state index in [4.69, 9.17) is 0 Å². The van der Waals surface area contributed by atoms with E-state index in [0.717, 1.165) is 24.1 Å². The molecule has 0 bridgehead atoms. The summed E-state index contributed by atoms with van der Waals surface area (Å²) in [6.07, 6.45) is 3.15. The summed E-state index contributed by atoms with van der Waals surface area (Å²) in [5.41, 5.74) is 0. The van der Waals surface area contributed by atoms with Gasteiger partial charge >= 0.3 is 0 Å². The van der Waals surface area contributed by atoms with Gasteiger partial charge in [0, 0.05) is 18.3 Å². The van der Waals surface area contributed by atoms with Crippen molar-refractivity contribution in [2.24, 2.45) is 0 Å². The maximum Gasteiger partial charge on any atom is 0.243 e. The van der Waals surface area contributed by atoms with Crippen molar-refractivity contribution in [1.29, 1.82) is 0 Å². The first-order chi connectivity index (χ1) is 8.68. The number of hydrogen-bond donors (Lipinski definition) is 1. The largest absolute Gasteiger partial charge is 0.349 e. The lowest BCUT2D eigenvalue weighted by molar-refractivity contribution is -0.138. The number of amides is 2. The normalized spacial score (nSPS) is 20.6. The molecule has 2 amide bonds. The molecule has 2 heterocycles. The predicted molar refractivity (Wildman–Crippen MR) is 71.2 cm³/mol. The van der Waals surface area contributed by atoms with Gasteiger partial charge in [-0.15, -0.1) is 11.3 Å². The van der Waals surface area contributed by atoms with Crippen LogP contribution in [0.2, 0.25) is 0 Å². The Morgan fingerprint density at radius 3 is 3.11 bits per heavy atom. The molecule has 1 saturated heterocycles. The van der Waals surface area contributed by atoms with Crippen LogP contribution in [0.5, 0.6) is 0 Å². The van der Waals surface area contributed by atoms with E-state index in [0.29, 0.717) is 13.0 Å². The van der Waals surface area contributed by atoms with Crippen LogP contribution >= 0.6 is 11.3 Å². The summed E-state index contributed by atoms with van der Waals surface area (Å²) in [4.78, 5) is 26.5. The van der Waals surface area contributed by atoms with Gasteiger partial charge in [-0.05, 0) is 24.3 Å². The molecule has 1 unspecified atom stereocenters. The van der Waals surface area contributed by atoms with Crippen LogP contribution in [0.15, 0.2) is 17.5 Å². The average molecular weight is 266 g/mol. The summed E-state index contributed by atoms with van der Waals surface area (Å²) in [5, 5.41) is 4.90. The zero-order chi connectivity index (χ0) is 13.0. The molecule has 0 saturated carbocycles. The average Bonchev–Trinajstić information content (AvgIpc) is 2.82. The smallest absolute Gasteiger partial charge is 0.243 e. The van der Waals surface area contributed by atoms with E-state index in [1.807, 2.05) is 17.5 Å². The van der Waals surface area contributed by atoms with Crippen molar-refractivity contribution in [3.8, 4) is 0 Å². The quantitative estimate of drug-likeness (QED) is 0.906. The second kappa shape index (κ2) is 6.00. The van der Waals surface area contributed by atoms with Gasteiger partial charge < -0.3 is 10.2 Å². The Morgan fingerprint density at radius 1 is 1.56 bits per heavy atom. The summed E-state index contributed by atoms with van der Waals surface area (Å²) < 4.78 is 0. The number of carbonyl (C=O) groups excluding carboxylic acids is 2. The summed E-state index contributed by atoms with van der Waals surface area (Å²) in [7, 11) is 1.73. The third kappa shape index (κ3) is 3.10. The van der Waals surface area contributed by atoms with E-state index in [2.05, 4.69) is 5.32 Å². The highest BCUT2D eigenvalue weighted by atomic mass is 32.1. The van der Waals surface area contributed by atoms with E-state index >= 15 is 0 Å². The number of likely N-dealkylation sites (N-methyl/N-ethyl adjacent to an activating group) is 1. The minimum Gasteiger partial charge on any atom is -0.349 e. The van der Waals surface area contributed by atoms with Gasteiger partial charge in [-0.1, -0.05) is 12.5 Å². The van der Waals surface area contributed by atoms with E-state index in [9.17, 15) is 9.59 Å². The molecule has 5 heteroatoms. The maximum absolute atomic E-state index is 12.1. The molecule has 18 heavy (non-hydrogen) atoms. The van der Waals surface area contributed by atoms with Crippen molar-refractivity contribution in [3.63, 3.8) is 0 Å². The van der Waals surface area contributed by atoms with Crippen LogP contribution in [-0.4, -0.2) is 29.8 Å². The Balaban J connectivity index is 1.92. The van der Waals surface area contributed by atoms with Crippen LogP contribution in [-0.2, 0) is 16.1 Å². The number of thiophene rings is 1. The lowest BCUT2D eigenvalue weighted by atomic mass is 10.1. The van der Waals surface area contributed by atoms with Crippen molar-refractivity contribution in [1.82, 2.24) is 10.2 Å². The van der Waals surface area contributed by atoms with Crippen LogP contribution < -0.4 is 5.32 Å². The predicted octanol–water partition coefficient (Wildman–Crippen LogP) is 1.77. The lowest BCUT2D eigenvalue weighted by Gasteiger charge is -2.24. The van der Waals surface area contributed by atoms with Gasteiger partial charge in [-0.3, -0.25) is 9.59 Å². The SMILES string of the molecule is CN1C(=O)CCCCC1C(=O)NCc1cccs1. The van der Waals surface area contributed by atoms with Gasteiger partial charge in [-0.2, -0.15) is 0 Å². The van der Waals surface area contributed by atoms with Crippen molar-refractivity contribution in [2.45, 2.75) is 38.3 Å². The number of rotatable bonds is 3. The van der Waals surface area contributed by atoms with Crippen LogP contribution in [0, 0.1) is 0 Å². The Bertz CT molecular complexity index is 417. The Kier molecular flexibility index (Phi) is 4.36. The number of likely N-dealkylation sites (tertiary alicyclic amines) is 1. The fraction of sp³-hybridized carbons (Fsp3) is 0.538. The van der Waals surface area contributed by atoms with Gasteiger partial charge in [0.1, 0.15) is 6.04 Å². The summed E-state index contributed by atoms with van der Waals surface area (Å²) >= 11 is 1.62. The molecule has 1 aromatic rings. The molecule has 0 spiro atoms. The van der Waals surface area contributed by atoms with Crippen molar-refractivity contribution in [2.75, 3.05) is 7.05 Å². The first-order valence-corrected chi connectivity index (χ1v) is 7.12. The molecule has 98 valence electrons. The van der Waals surface area contributed by atoms with E-state index < -0.39 is 0 Å². The summed E-state index contributed by atoms with van der Waals surface area (Å²) in [6, 6.07) is 3.65. The lowest BCUT2D eigenvalue weighted by Crippen LogP contribution is -2.46. The van der Waals surface area contributed by atoms with Crippen LogP contribution in [0.25, 0.3) is 0 Å². The number of nitrogens with zero attached hydrogens (tertiary/aromatic N) is 1. The first kappa shape index (κ1) is 13.1. The molecule has 1 aliphatic rings. The number of nitrogens with one attached hydrogen (secondary N) is 1. The third-order valence-corrected chi connectivity index (χ3v) is 4.18. The monoisotopic (exact) mass is 266 g/mol. The highest BCUT2D eigenvalue weighted by Crippen LogP contribution is 2.16. The Labute approximate surface area is 111 Å². The molecule has 1 N–H and O–H groups in total. The van der Waals surface area contributed by atoms with Crippen molar-refractivity contribution < 1.29 is 9.59 Å². The van der Waals surface area contributed by atoms with Gasteiger partial charge in [0.05, 0.1) is 6.54 Å². The van der Waals surface area contributed by atoms with E-state index in [1.165, 1.54) is 0 Å². The van der Waals surface area contributed by atoms with Gasteiger partial charge in [-0.25, -0.2) is 0 Å². The van der Waals surface area contributed by atoms with E-state index in [-0.39, 0.29) is 17.9 Å². The van der Waals surface area contributed by atoms with Crippen LogP contribution in [0.1, 0.15) is 30.6 Å². The molecular weight excluding hydrogens is 248 g/mol. The Morgan fingerprint density at radius 2 is 2.39 bits per heavy atom. The molecule has 0 aromatic carbocycles. The van der Waals surface area contributed by atoms with Gasteiger partial charge in [0.15, 0.2) is 0 Å². The van der Waals surface area contributed by atoms with Crippen LogP contribution in [0.4, 0.5) is 0 Å². The minimum atomic E-state index is -0.306. The third-order valence-electron chi connectivity index (χ3n) is 3.30. The molecule has 2 rings (SSSR count). The molecule has 0 radical (unpaired) electrons. The second-order valence-corrected chi connectivity index (χ2v) is 5.60. The molecule has 1 aliphatic heterocycles. The molecule has 0 aliphatic carbocycles. The molecule has 1 aromatic heterocycles. The highest BCUT2D eigenvalue weighted by molar-refractivity contribution is 7.09. The molecule has 1 atom stereocenters. The molecular formula is C13H18N2O2S. The topological polar surface area (TPSA) is 49.4 Å².